The molecule has 1 aromatic rings. The van der Waals surface area contributed by atoms with Crippen LogP contribution in [0.25, 0.3) is 0 Å². The number of hydrogen-bond acceptors (Lipinski definition) is 3. The van der Waals surface area contributed by atoms with Gasteiger partial charge in [-0.15, -0.1) is 0 Å². The third-order valence-electron chi connectivity index (χ3n) is 2.89. The molecule has 0 spiro atoms. The van der Waals surface area contributed by atoms with Gasteiger partial charge >= 0.3 is 5.69 Å². The Morgan fingerprint density at radius 3 is 2.45 bits per heavy atom. The smallest absolute Gasteiger partial charge is 0.308 e. The van der Waals surface area contributed by atoms with Crippen molar-refractivity contribution in [2.45, 2.75) is 31.1 Å². The number of nitrogens with zero attached hydrogens (tertiary/aromatic N) is 1. The third kappa shape index (κ3) is 3.50. The van der Waals surface area contributed by atoms with Gasteiger partial charge in [0.25, 0.3) is 5.91 Å². The van der Waals surface area contributed by atoms with Gasteiger partial charge in [0.1, 0.15) is 5.82 Å². The summed E-state index contributed by atoms with van der Waals surface area (Å²) in [5, 5.41) is 13.1. The van der Waals surface area contributed by atoms with Crippen LogP contribution in [0.15, 0.2) is 12.1 Å². The van der Waals surface area contributed by atoms with Crippen molar-refractivity contribution in [2.24, 2.45) is 0 Å². The van der Waals surface area contributed by atoms with Crippen molar-refractivity contribution >= 4 is 27.5 Å². The monoisotopic (exact) mass is 350 g/mol. The fraction of sp³-hybridized carbons (Fsp3) is 0.417. The van der Waals surface area contributed by atoms with Gasteiger partial charge in [-0.3, -0.25) is 14.9 Å². The Labute approximate surface area is 122 Å². The second-order valence-corrected chi connectivity index (χ2v) is 6.21. The number of halogens is 3. The molecule has 8 heteroatoms. The summed E-state index contributed by atoms with van der Waals surface area (Å²) in [5.74, 6) is -3.32. The lowest BCUT2D eigenvalue weighted by Crippen LogP contribution is -2.49. The van der Waals surface area contributed by atoms with E-state index in [-0.39, 0.29) is 4.83 Å². The molecule has 0 radical (unpaired) electrons. The predicted molar refractivity (Wildman–Crippen MR) is 72.9 cm³/mol. The van der Waals surface area contributed by atoms with Gasteiger partial charge in [-0.1, -0.05) is 22.9 Å². The molecule has 0 aliphatic carbocycles. The second-order valence-electron chi connectivity index (χ2n) is 4.84. The number of carbonyl (C=O) groups is 1. The average Bonchev–Trinajstić information content (AvgIpc) is 2.30. The minimum Gasteiger partial charge on any atom is -0.346 e. The first-order valence-electron chi connectivity index (χ1n) is 5.66. The number of nitro groups is 1. The lowest BCUT2D eigenvalue weighted by molar-refractivity contribution is -0.387. The molecule has 1 rings (SSSR count). The molecule has 1 amide bonds. The minimum absolute atomic E-state index is 0.148. The molecule has 1 atom stereocenters. The number of rotatable bonds is 4. The zero-order valence-electron chi connectivity index (χ0n) is 11.0. The Morgan fingerprint density at radius 1 is 1.45 bits per heavy atom. The van der Waals surface area contributed by atoms with Crippen molar-refractivity contribution in [3.8, 4) is 0 Å². The Morgan fingerprint density at radius 2 is 2.00 bits per heavy atom. The lowest BCUT2D eigenvalue weighted by Gasteiger charge is -2.29. The fourth-order valence-electron chi connectivity index (χ4n) is 1.33. The van der Waals surface area contributed by atoms with E-state index in [1.807, 2.05) is 0 Å². The molecule has 1 unspecified atom stereocenters. The molecule has 0 bridgehead atoms. The van der Waals surface area contributed by atoms with Crippen molar-refractivity contribution in [1.82, 2.24) is 5.32 Å². The van der Waals surface area contributed by atoms with E-state index in [0.29, 0.717) is 12.1 Å². The van der Waals surface area contributed by atoms with Crippen molar-refractivity contribution in [3.05, 3.63) is 39.4 Å². The lowest BCUT2D eigenvalue weighted by atomic mass is 10.0. The van der Waals surface area contributed by atoms with Gasteiger partial charge in [0, 0.05) is 10.4 Å². The number of hydrogen-bond donors (Lipinski definition) is 1. The van der Waals surface area contributed by atoms with Gasteiger partial charge in [-0.25, -0.2) is 4.39 Å². The Hall–Kier alpha value is -1.57. The molecule has 0 heterocycles. The third-order valence-corrected chi connectivity index (χ3v) is 4.03. The maximum Gasteiger partial charge on any atom is 0.308 e. The van der Waals surface area contributed by atoms with Gasteiger partial charge in [-0.05, 0) is 19.9 Å². The number of amides is 1. The van der Waals surface area contributed by atoms with Crippen molar-refractivity contribution < 1.29 is 18.5 Å². The molecule has 110 valence electrons. The zero-order valence-corrected chi connectivity index (χ0v) is 12.6. The first kappa shape index (κ1) is 16.5. The second kappa shape index (κ2) is 5.82. The van der Waals surface area contributed by atoms with Gasteiger partial charge in [0.05, 0.1) is 16.6 Å². The number of nitro benzene ring substituents is 1. The van der Waals surface area contributed by atoms with E-state index in [2.05, 4.69) is 21.2 Å². The van der Waals surface area contributed by atoms with Crippen LogP contribution < -0.4 is 5.32 Å². The van der Waals surface area contributed by atoms with Crippen LogP contribution in [0.4, 0.5) is 14.5 Å². The highest BCUT2D eigenvalue weighted by Crippen LogP contribution is 2.24. The summed E-state index contributed by atoms with van der Waals surface area (Å²) >= 11 is 3.28. The summed E-state index contributed by atoms with van der Waals surface area (Å²) in [6, 6.07) is 1.07. The van der Waals surface area contributed by atoms with Crippen LogP contribution in [-0.2, 0) is 0 Å². The van der Waals surface area contributed by atoms with Crippen LogP contribution in [0.2, 0.25) is 0 Å². The maximum absolute atomic E-state index is 13.8. The summed E-state index contributed by atoms with van der Waals surface area (Å²) in [6.45, 7) is 5.12. The SMILES string of the molecule is CC(Br)C(C)(C)NC(=O)c1cc(F)cc([N+](=O)[O-])c1F. The largest absolute Gasteiger partial charge is 0.346 e. The molecule has 1 aromatic carbocycles. The summed E-state index contributed by atoms with van der Waals surface area (Å²) in [5.41, 5.74) is -2.51. The van der Waals surface area contributed by atoms with E-state index < -0.39 is 39.3 Å². The van der Waals surface area contributed by atoms with Crippen molar-refractivity contribution in [1.29, 1.82) is 0 Å². The van der Waals surface area contributed by atoms with Crippen molar-refractivity contribution in [2.75, 3.05) is 0 Å². The molecule has 5 nitrogen and oxygen atoms in total. The standard InChI is InChI=1S/C12H13BrF2N2O3/c1-6(13)12(2,3)16-11(18)8-4-7(14)5-9(10(8)15)17(19)20/h4-6H,1-3H3,(H,16,18). The Kier molecular flexibility index (Phi) is 4.80. The quantitative estimate of drug-likeness (QED) is 0.515. The minimum atomic E-state index is -1.35. The highest BCUT2D eigenvalue weighted by molar-refractivity contribution is 9.09. The van der Waals surface area contributed by atoms with E-state index in [9.17, 15) is 23.7 Å². The molecule has 0 saturated heterocycles. The van der Waals surface area contributed by atoms with Crippen LogP contribution in [0, 0.1) is 21.7 Å². The van der Waals surface area contributed by atoms with E-state index in [1.54, 1.807) is 20.8 Å². The molecule has 20 heavy (non-hydrogen) atoms. The van der Waals surface area contributed by atoms with Gasteiger partial charge in [0.15, 0.2) is 0 Å². The highest BCUT2D eigenvalue weighted by Gasteiger charge is 2.30. The van der Waals surface area contributed by atoms with Gasteiger partial charge in [-0.2, -0.15) is 4.39 Å². The number of alkyl halides is 1. The van der Waals surface area contributed by atoms with E-state index in [4.69, 9.17) is 0 Å². The Balaban J connectivity index is 3.21. The van der Waals surface area contributed by atoms with Gasteiger partial charge < -0.3 is 5.32 Å². The molecular weight excluding hydrogens is 338 g/mol. The highest BCUT2D eigenvalue weighted by atomic mass is 79.9. The summed E-state index contributed by atoms with van der Waals surface area (Å²) in [4.78, 5) is 21.3. The molecule has 0 aliphatic heterocycles. The molecule has 0 saturated carbocycles. The topological polar surface area (TPSA) is 72.2 Å². The molecule has 0 fully saturated rings. The van der Waals surface area contributed by atoms with E-state index in [1.165, 1.54) is 0 Å². The Bertz CT molecular complexity index is 562. The maximum atomic E-state index is 13.8. The van der Waals surface area contributed by atoms with Gasteiger partial charge in [0.2, 0.25) is 5.82 Å². The number of carbonyl (C=O) groups excluding carboxylic acids is 1. The summed E-state index contributed by atoms with van der Waals surface area (Å²) in [7, 11) is 0. The zero-order chi connectivity index (χ0) is 15.7. The predicted octanol–water partition coefficient (Wildman–Crippen LogP) is 3.16. The van der Waals surface area contributed by atoms with E-state index >= 15 is 0 Å². The first-order chi connectivity index (χ1) is 9.06. The van der Waals surface area contributed by atoms with E-state index in [0.717, 1.165) is 0 Å². The fourth-order valence-corrected chi connectivity index (χ4v) is 1.45. The molecule has 0 aromatic heterocycles. The van der Waals surface area contributed by atoms with Crippen LogP contribution in [0.5, 0.6) is 0 Å². The number of nitrogens with one attached hydrogen (secondary N) is 1. The van der Waals surface area contributed by atoms with Crippen LogP contribution in [0.3, 0.4) is 0 Å². The normalized spacial score (nSPS) is 12.9. The van der Waals surface area contributed by atoms with Crippen LogP contribution in [0.1, 0.15) is 31.1 Å². The number of benzene rings is 1. The summed E-state index contributed by atoms with van der Waals surface area (Å²) < 4.78 is 27.1. The van der Waals surface area contributed by atoms with Crippen LogP contribution in [-0.4, -0.2) is 21.2 Å². The molecule has 0 aliphatic rings. The van der Waals surface area contributed by atoms with Crippen molar-refractivity contribution in [3.63, 3.8) is 0 Å². The summed E-state index contributed by atoms with van der Waals surface area (Å²) in [6.07, 6.45) is 0. The molecule has 1 N–H and O–H groups in total. The van der Waals surface area contributed by atoms with Crippen LogP contribution >= 0.6 is 15.9 Å². The average molecular weight is 351 g/mol. The molecular formula is C12H13BrF2N2O3. The first-order valence-corrected chi connectivity index (χ1v) is 6.58.